The summed E-state index contributed by atoms with van der Waals surface area (Å²) in [4.78, 5) is 31.1. The van der Waals surface area contributed by atoms with Gasteiger partial charge in [-0.05, 0) is 43.9 Å². The van der Waals surface area contributed by atoms with E-state index in [-0.39, 0.29) is 27.2 Å². The zero-order chi connectivity index (χ0) is 19.6. The van der Waals surface area contributed by atoms with Crippen LogP contribution in [0.2, 0.25) is 5.02 Å². The highest BCUT2D eigenvalue weighted by Crippen LogP contribution is 2.36. The zero-order valence-corrected chi connectivity index (χ0v) is 15.5. The molecule has 1 aromatic heterocycles. The zero-order valence-electron chi connectivity index (χ0n) is 14.0. The fourth-order valence-corrected chi connectivity index (χ4v) is 3.68. The second kappa shape index (κ2) is 7.93. The lowest BCUT2D eigenvalue weighted by Gasteiger charge is -2.15. The third-order valence-corrected chi connectivity index (χ3v) is 5.18. The van der Waals surface area contributed by atoms with E-state index in [1.54, 1.807) is 0 Å². The Morgan fingerprint density at radius 3 is 2.78 bits per heavy atom. The number of H-pyrrole nitrogens is 1. The Morgan fingerprint density at radius 1 is 1.30 bits per heavy atom. The van der Waals surface area contributed by atoms with Gasteiger partial charge < -0.3 is 10.3 Å². The first-order chi connectivity index (χ1) is 12.7. The van der Waals surface area contributed by atoms with E-state index in [9.17, 15) is 22.8 Å². The van der Waals surface area contributed by atoms with Gasteiger partial charge in [-0.3, -0.25) is 9.59 Å². The van der Waals surface area contributed by atoms with E-state index >= 15 is 0 Å². The molecule has 3 rings (SSSR count). The number of halogens is 4. The standard InChI is InChI=1S/C17H15ClF3N3O2S/c18-9-5-6-13(11(7-9)17(19,20)21)22-14(25)8-27-16-23-12-4-2-1-3-10(12)15(26)24-16/h5-7H,1-4,8H2,(H,22,25)(H,23,24,26). The lowest BCUT2D eigenvalue weighted by Crippen LogP contribution is -2.22. The van der Waals surface area contributed by atoms with Gasteiger partial charge in [-0.1, -0.05) is 23.4 Å². The molecular weight excluding hydrogens is 403 g/mol. The molecule has 0 fully saturated rings. The highest BCUT2D eigenvalue weighted by atomic mass is 35.5. The van der Waals surface area contributed by atoms with Gasteiger partial charge in [0.2, 0.25) is 5.91 Å². The number of aromatic nitrogens is 2. The summed E-state index contributed by atoms with van der Waals surface area (Å²) in [6.07, 6.45) is -1.37. The van der Waals surface area contributed by atoms with Crippen LogP contribution in [-0.2, 0) is 23.8 Å². The summed E-state index contributed by atoms with van der Waals surface area (Å²) < 4.78 is 39.2. The summed E-state index contributed by atoms with van der Waals surface area (Å²) in [5.41, 5.74) is -0.214. The maximum Gasteiger partial charge on any atom is 0.418 e. The molecule has 1 amide bonds. The van der Waals surface area contributed by atoms with Gasteiger partial charge in [0.05, 0.1) is 22.7 Å². The molecule has 1 aliphatic rings. The average Bonchev–Trinajstić information content (AvgIpc) is 2.61. The molecule has 2 N–H and O–H groups in total. The Bertz CT molecular complexity index is 931. The first-order valence-corrected chi connectivity index (χ1v) is 9.52. The quantitative estimate of drug-likeness (QED) is 0.581. The second-order valence-electron chi connectivity index (χ2n) is 6.03. The summed E-state index contributed by atoms with van der Waals surface area (Å²) in [6.45, 7) is 0. The Labute approximate surface area is 161 Å². The Hall–Kier alpha value is -2.00. The van der Waals surface area contributed by atoms with Crippen LogP contribution >= 0.6 is 23.4 Å². The van der Waals surface area contributed by atoms with Crippen molar-refractivity contribution >= 4 is 35.0 Å². The van der Waals surface area contributed by atoms with Crippen LogP contribution in [0.3, 0.4) is 0 Å². The van der Waals surface area contributed by atoms with Crippen LogP contribution in [-0.4, -0.2) is 21.6 Å². The summed E-state index contributed by atoms with van der Waals surface area (Å²) >= 11 is 6.58. The minimum atomic E-state index is -4.65. The third kappa shape index (κ3) is 4.84. The topological polar surface area (TPSA) is 74.8 Å². The summed E-state index contributed by atoms with van der Waals surface area (Å²) in [5, 5.41) is 2.44. The first-order valence-electron chi connectivity index (χ1n) is 8.15. The molecule has 1 aromatic carbocycles. The van der Waals surface area contributed by atoms with E-state index in [0.717, 1.165) is 42.4 Å². The lowest BCUT2D eigenvalue weighted by molar-refractivity contribution is -0.137. The summed E-state index contributed by atoms with van der Waals surface area (Å²) in [5.74, 6) is -0.838. The number of benzene rings is 1. The van der Waals surface area contributed by atoms with Crippen molar-refractivity contribution < 1.29 is 18.0 Å². The number of nitrogens with one attached hydrogen (secondary N) is 2. The Balaban J connectivity index is 1.69. The monoisotopic (exact) mass is 417 g/mol. The van der Waals surface area contributed by atoms with Gasteiger partial charge in [0.1, 0.15) is 0 Å². The highest BCUT2D eigenvalue weighted by Gasteiger charge is 2.34. The number of aromatic amines is 1. The maximum atomic E-state index is 13.1. The predicted molar refractivity (Wildman–Crippen MR) is 97.3 cm³/mol. The Kier molecular flexibility index (Phi) is 5.81. The third-order valence-electron chi connectivity index (χ3n) is 4.07. The first kappa shape index (κ1) is 19.8. The van der Waals surface area contributed by atoms with Crippen molar-refractivity contribution in [3.63, 3.8) is 0 Å². The minimum Gasteiger partial charge on any atom is -0.325 e. The molecule has 1 aliphatic carbocycles. The van der Waals surface area contributed by atoms with Crippen molar-refractivity contribution in [2.24, 2.45) is 0 Å². The molecule has 5 nitrogen and oxygen atoms in total. The normalized spacial score (nSPS) is 13.9. The SMILES string of the molecule is O=C(CSc1nc2c(c(=O)[nH]1)CCCC2)Nc1ccc(Cl)cc1C(F)(F)F. The number of rotatable bonds is 4. The van der Waals surface area contributed by atoms with Crippen molar-refractivity contribution in [3.05, 3.63) is 50.4 Å². The average molecular weight is 418 g/mol. The number of nitrogens with zero attached hydrogens (tertiary/aromatic N) is 1. The van der Waals surface area contributed by atoms with Crippen LogP contribution in [0, 0.1) is 0 Å². The van der Waals surface area contributed by atoms with E-state index < -0.39 is 17.6 Å². The molecule has 0 saturated carbocycles. The van der Waals surface area contributed by atoms with Crippen LogP contribution in [0.15, 0.2) is 28.2 Å². The molecule has 10 heteroatoms. The number of alkyl halides is 3. The van der Waals surface area contributed by atoms with Gasteiger partial charge in [-0.2, -0.15) is 13.2 Å². The molecule has 0 aliphatic heterocycles. The lowest BCUT2D eigenvalue weighted by atomic mass is 9.97. The number of carbonyl (C=O) groups excluding carboxylic acids is 1. The molecular formula is C17H15ClF3N3O2S. The molecule has 0 bridgehead atoms. The molecule has 0 radical (unpaired) electrons. The van der Waals surface area contributed by atoms with Gasteiger partial charge in [-0.25, -0.2) is 4.98 Å². The summed E-state index contributed by atoms with van der Waals surface area (Å²) in [6, 6.07) is 3.13. The van der Waals surface area contributed by atoms with Crippen LogP contribution < -0.4 is 10.9 Å². The van der Waals surface area contributed by atoms with E-state index in [0.29, 0.717) is 18.4 Å². The van der Waals surface area contributed by atoms with Crippen molar-refractivity contribution in [1.29, 1.82) is 0 Å². The fourth-order valence-electron chi connectivity index (χ4n) is 2.83. The smallest absolute Gasteiger partial charge is 0.325 e. The Morgan fingerprint density at radius 2 is 2.04 bits per heavy atom. The molecule has 0 unspecified atom stereocenters. The number of anilines is 1. The van der Waals surface area contributed by atoms with Gasteiger partial charge >= 0.3 is 6.18 Å². The van der Waals surface area contributed by atoms with Crippen molar-refractivity contribution in [2.75, 3.05) is 11.1 Å². The van der Waals surface area contributed by atoms with E-state index in [1.165, 1.54) is 6.07 Å². The van der Waals surface area contributed by atoms with Gasteiger partial charge in [0.15, 0.2) is 5.16 Å². The number of amides is 1. The van der Waals surface area contributed by atoms with Crippen LogP contribution in [0.1, 0.15) is 29.7 Å². The van der Waals surface area contributed by atoms with E-state index in [4.69, 9.17) is 11.6 Å². The summed E-state index contributed by atoms with van der Waals surface area (Å²) in [7, 11) is 0. The molecule has 2 aromatic rings. The second-order valence-corrected chi connectivity index (χ2v) is 7.43. The number of hydrogen-bond donors (Lipinski definition) is 2. The van der Waals surface area contributed by atoms with Gasteiger partial charge in [0, 0.05) is 10.6 Å². The number of hydrogen-bond acceptors (Lipinski definition) is 4. The number of fused-ring (bicyclic) bond motifs is 1. The molecule has 27 heavy (non-hydrogen) atoms. The number of carbonyl (C=O) groups is 1. The van der Waals surface area contributed by atoms with Crippen LogP contribution in [0.5, 0.6) is 0 Å². The minimum absolute atomic E-state index is 0.0782. The van der Waals surface area contributed by atoms with Gasteiger partial charge in [-0.15, -0.1) is 0 Å². The molecule has 0 atom stereocenters. The van der Waals surface area contributed by atoms with E-state index in [2.05, 4.69) is 15.3 Å². The predicted octanol–water partition coefficient (Wildman–Crippen LogP) is 4.05. The van der Waals surface area contributed by atoms with Crippen molar-refractivity contribution in [3.8, 4) is 0 Å². The van der Waals surface area contributed by atoms with Gasteiger partial charge in [0.25, 0.3) is 5.56 Å². The van der Waals surface area contributed by atoms with Crippen LogP contribution in [0.25, 0.3) is 0 Å². The molecule has 1 heterocycles. The number of thioether (sulfide) groups is 1. The highest BCUT2D eigenvalue weighted by molar-refractivity contribution is 7.99. The molecule has 0 saturated heterocycles. The van der Waals surface area contributed by atoms with E-state index in [1.807, 2.05) is 0 Å². The van der Waals surface area contributed by atoms with Crippen molar-refractivity contribution in [2.45, 2.75) is 37.0 Å². The molecule has 0 spiro atoms. The van der Waals surface area contributed by atoms with Crippen LogP contribution in [0.4, 0.5) is 18.9 Å². The molecule has 144 valence electrons. The number of aryl methyl sites for hydroxylation is 1. The maximum absolute atomic E-state index is 13.1. The van der Waals surface area contributed by atoms with Crippen molar-refractivity contribution in [1.82, 2.24) is 9.97 Å². The fraction of sp³-hybridized carbons (Fsp3) is 0.353. The largest absolute Gasteiger partial charge is 0.418 e.